The van der Waals surface area contributed by atoms with Crippen LogP contribution in [0.4, 0.5) is 22.7 Å². The second-order valence-electron chi connectivity index (χ2n) is 15.6. The molecule has 9 rings (SSSR count). The predicted molar refractivity (Wildman–Crippen MR) is 269 cm³/mol. The van der Waals surface area contributed by atoms with Crippen molar-refractivity contribution < 1.29 is 28.8 Å². The normalized spacial score (nSPS) is 10.8. The van der Waals surface area contributed by atoms with Crippen LogP contribution in [0.3, 0.4) is 0 Å². The van der Waals surface area contributed by atoms with E-state index in [0.717, 1.165) is 79.4 Å². The molecular formula is C52H52N12O6. The van der Waals surface area contributed by atoms with Gasteiger partial charge in [0.05, 0.1) is 107 Å². The standard InChI is InChI=1S/C28H25N7O3.C24H27N5O3/c1-34-18-19(16-31-34)26-17-30-24-8-7-20(14-25(24)32-26)35(21-12-22(36-2)15-23(13-21)37-3)11-5-6-27-29-10-9-28(33-27)38-4;1-5-24-20(14-26-28(24)2)23-15-25-21-7-6-16(12-22(21)27-23)29(8-9-30)17-10-18(31-3)13-19(11-17)32-4/h7-10,12-18H,11H2,1-4H3;6-7,10-15,30H,5,8-9H2,1-4H3. The lowest BCUT2D eigenvalue weighted by atomic mass is 10.1. The van der Waals surface area contributed by atoms with Gasteiger partial charge in [-0.25, -0.2) is 15.0 Å². The predicted octanol–water partition coefficient (Wildman–Crippen LogP) is 7.78. The molecule has 4 aromatic carbocycles. The van der Waals surface area contributed by atoms with Gasteiger partial charge in [0.25, 0.3) is 0 Å². The molecule has 18 heteroatoms. The van der Waals surface area contributed by atoms with Crippen LogP contribution in [0.1, 0.15) is 18.4 Å². The summed E-state index contributed by atoms with van der Waals surface area (Å²) in [7, 11) is 11.8. The summed E-state index contributed by atoms with van der Waals surface area (Å²) in [6, 6.07) is 24.8. The molecule has 18 nitrogen and oxygen atoms in total. The van der Waals surface area contributed by atoms with Crippen molar-refractivity contribution in [1.29, 1.82) is 0 Å². The zero-order chi connectivity index (χ0) is 49.1. The summed E-state index contributed by atoms with van der Waals surface area (Å²) >= 11 is 0. The Bertz CT molecular complexity index is 3280. The monoisotopic (exact) mass is 940 g/mol. The van der Waals surface area contributed by atoms with Gasteiger partial charge in [-0.3, -0.25) is 19.3 Å². The lowest BCUT2D eigenvalue weighted by Crippen LogP contribution is -2.21. The van der Waals surface area contributed by atoms with E-state index in [-0.39, 0.29) is 6.61 Å². The van der Waals surface area contributed by atoms with Crippen molar-refractivity contribution in [3.63, 3.8) is 0 Å². The molecule has 0 saturated heterocycles. The number of aryl methyl sites for hydroxylation is 2. The number of rotatable bonds is 15. The zero-order valence-corrected chi connectivity index (χ0v) is 40.2. The Morgan fingerprint density at radius 1 is 0.586 bits per heavy atom. The molecule has 5 aromatic heterocycles. The van der Waals surface area contributed by atoms with Gasteiger partial charge < -0.3 is 38.6 Å². The van der Waals surface area contributed by atoms with Gasteiger partial charge in [-0.2, -0.15) is 15.2 Å². The molecule has 0 bridgehead atoms. The number of anilines is 4. The number of aliphatic hydroxyl groups excluding tert-OH is 1. The highest BCUT2D eigenvalue weighted by molar-refractivity contribution is 5.84. The molecule has 70 heavy (non-hydrogen) atoms. The maximum atomic E-state index is 9.74. The van der Waals surface area contributed by atoms with E-state index in [4.69, 9.17) is 33.7 Å². The van der Waals surface area contributed by atoms with Gasteiger partial charge in [-0.05, 0) is 48.7 Å². The van der Waals surface area contributed by atoms with Crippen LogP contribution in [0.5, 0.6) is 28.9 Å². The van der Waals surface area contributed by atoms with Gasteiger partial charge in [-0.15, -0.1) is 0 Å². The lowest BCUT2D eigenvalue weighted by molar-refractivity contribution is 0.305. The number of hydrogen-bond donors (Lipinski definition) is 1. The summed E-state index contributed by atoms with van der Waals surface area (Å²) in [6.45, 7) is 2.82. The van der Waals surface area contributed by atoms with Crippen LogP contribution >= 0.6 is 0 Å². The van der Waals surface area contributed by atoms with Crippen molar-refractivity contribution in [3.8, 4) is 63.2 Å². The molecule has 0 fully saturated rings. The first-order valence-corrected chi connectivity index (χ1v) is 22.2. The SMILES string of the molecule is CCc1c(-c2cnc3ccc(N(CCO)c4cc(OC)cc(OC)c4)cc3n2)cnn1C.COc1cc(OC)cc(N(CC#Cc2nccc(OC)n2)c2ccc3ncc(-c4cnn(C)c4)nc3c2)c1. The summed E-state index contributed by atoms with van der Waals surface area (Å²) in [5.41, 5.74) is 11.0. The molecule has 0 aliphatic carbocycles. The van der Waals surface area contributed by atoms with Crippen LogP contribution in [0.15, 0.2) is 116 Å². The van der Waals surface area contributed by atoms with Gasteiger partial charge in [0.2, 0.25) is 11.7 Å². The fraction of sp³-hybridized carbons (Fsp3) is 0.231. The Morgan fingerprint density at radius 3 is 1.73 bits per heavy atom. The highest BCUT2D eigenvalue weighted by Gasteiger charge is 2.17. The topological polar surface area (TPSA) is 186 Å². The second-order valence-corrected chi connectivity index (χ2v) is 15.6. The third-order valence-electron chi connectivity index (χ3n) is 11.2. The minimum atomic E-state index is -0.0151. The molecule has 0 spiro atoms. The molecule has 0 aliphatic rings. The van der Waals surface area contributed by atoms with Crippen molar-refractivity contribution in [2.75, 3.05) is 65.0 Å². The number of fused-ring (bicyclic) bond motifs is 2. The van der Waals surface area contributed by atoms with Crippen molar-refractivity contribution in [2.24, 2.45) is 14.1 Å². The van der Waals surface area contributed by atoms with E-state index >= 15 is 0 Å². The Kier molecular flexibility index (Phi) is 14.9. The van der Waals surface area contributed by atoms with E-state index in [2.05, 4.69) is 48.9 Å². The fourth-order valence-electron chi connectivity index (χ4n) is 7.70. The van der Waals surface area contributed by atoms with Gasteiger partial charge in [0.15, 0.2) is 0 Å². The third-order valence-corrected chi connectivity index (χ3v) is 11.2. The smallest absolute Gasteiger partial charge is 0.217 e. The van der Waals surface area contributed by atoms with E-state index in [1.165, 1.54) is 0 Å². The first kappa shape index (κ1) is 47.7. The van der Waals surface area contributed by atoms with Crippen molar-refractivity contribution in [3.05, 3.63) is 128 Å². The van der Waals surface area contributed by atoms with E-state index in [1.54, 1.807) is 71.1 Å². The molecule has 0 amide bonds. The number of aliphatic hydroxyl groups is 1. The number of benzene rings is 4. The van der Waals surface area contributed by atoms with Gasteiger partial charge in [-0.1, -0.05) is 12.8 Å². The second kappa shape index (κ2) is 21.9. The fourth-order valence-corrected chi connectivity index (χ4v) is 7.70. The largest absolute Gasteiger partial charge is 0.497 e. The average molecular weight is 941 g/mol. The summed E-state index contributed by atoms with van der Waals surface area (Å²) in [5, 5.41) is 18.4. The maximum Gasteiger partial charge on any atom is 0.217 e. The van der Waals surface area contributed by atoms with E-state index in [9.17, 15) is 5.11 Å². The Balaban J connectivity index is 0.000000191. The van der Waals surface area contributed by atoms with Gasteiger partial charge in [0, 0.05) is 115 Å². The number of nitrogens with zero attached hydrogens (tertiary/aromatic N) is 12. The molecule has 0 atom stereocenters. The van der Waals surface area contributed by atoms with E-state index < -0.39 is 0 Å². The number of methoxy groups -OCH3 is 5. The average Bonchev–Trinajstić information content (AvgIpc) is 4.02. The van der Waals surface area contributed by atoms with Crippen molar-refractivity contribution in [1.82, 2.24) is 49.5 Å². The van der Waals surface area contributed by atoms with E-state index in [0.29, 0.717) is 47.8 Å². The summed E-state index contributed by atoms with van der Waals surface area (Å²) < 4.78 is 30.7. The lowest BCUT2D eigenvalue weighted by Gasteiger charge is -2.25. The van der Waals surface area contributed by atoms with Crippen molar-refractivity contribution in [2.45, 2.75) is 13.3 Å². The molecule has 0 radical (unpaired) electrons. The molecule has 356 valence electrons. The summed E-state index contributed by atoms with van der Waals surface area (Å²) in [6.07, 6.45) is 11.5. The number of ether oxygens (including phenoxy) is 5. The number of hydrogen-bond acceptors (Lipinski definition) is 16. The van der Waals surface area contributed by atoms with Crippen LogP contribution < -0.4 is 33.5 Å². The Labute approximate surface area is 405 Å². The van der Waals surface area contributed by atoms with Gasteiger partial charge in [0.1, 0.15) is 23.0 Å². The van der Waals surface area contributed by atoms with Crippen LogP contribution in [-0.2, 0) is 20.5 Å². The highest BCUT2D eigenvalue weighted by atomic mass is 16.5. The quantitative estimate of drug-likeness (QED) is 0.0982. The van der Waals surface area contributed by atoms with Crippen molar-refractivity contribution >= 4 is 44.8 Å². The van der Waals surface area contributed by atoms with Gasteiger partial charge >= 0.3 is 0 Å². The molecule has 5 heterocycles. The first-order valence-electron chi connectivity index (χ1n) is 22.2. The molecule has 9 aromatic rings. The summed E-state index contributed by atoms with van der Waals surface area (Å²) in [5.74, 6) is 9.70. The maximum absolute atomic E-state index is 9.74. The Morgan fingerprint density at radius 2 is 1.17 bits per heavy atom. The molecule has 0 unspecified atom stereocenters. The minimum Gasteiger partial charge on any atom is -0.497 e. The first-order chi connectivity index (χ1) is 34.1. The molecule has 0 aliphatic heterocycles. The Hall–Kier alpha value is -8.82. The van der Waals surface area contributed by atoms with E-state index in [1.807, 2.05) is 114 Å². The van der Waals surface area contributed by atoms with Crippen LogP contribution in [0.25, 0.3) is 44.6 Å². The van der Waals surface area contributed by atoms with Crippen LogP contribution in [0, 0.1) is 11.8 Å². The third kappa shape index (κ3) is 10.8. The molecule has 1 N–H and O–H groups in total. The highest BCUT2D eigenvalue weighted by Crippen LogP contribution is 2.36. The zero-order valence-electron chi connectivity index (χ0n) is 40.2. The number of aromatic nitrogens is 10. The van der Waals surface area contributed by atoms with Crippen LogP contribution in [-0.4, -0.2) is 110 Å². The summed E-state index contributed by atoms with van der Waals surface area (Å²) in [4.78, 5) is 31.5. The molecule has 0 saturated carbocycles. The minimum absolute atomic E-state index is 0.0151. The van der Waals surface area contributed by atoms with Crippen LogP contribution in [0.2, 0.25) is 0 Å². The molecular weight excluding hydrogens is 889 g/mol.